The van der Waals surface area contributed by atoms with Gasteiger partial charge in [-0.15, -0.1) is 22.7 Å². The number of benzene rings is 1. The van der Waals surface area contributed by atoms with E-state index in [-0.39, 0.29) is 0 Å². The third-order valence-corrected chi connectivity index (χ3v) is 6.80. The fourth-order valence-electron chi connectivity index (χ4n) is 2.94. The predicted molar refractivity (Wildman–Crippen MR) is 102 cm³/mol. The molecule has 1 aromatic carbocycles. The van der Waals surface area contributed by atoms with Crippen LogP contribution >= 0.6 is 38.6 Å². The van der Waals surface area contributed by atoms with Crippen LogP contribution in [0.1, 0.15) is 9.88 Å². The summed E-state index contributed by atoms with van der Waals surface area (Å²) in [5, 5.41) is 1.24. The van der Waals surface area contributed by atoms with Crippen LogP contribution in [0, 0.1) is 0 Å². The second-order valence-corrected chi connectivity index (χ2v) is 9.50. The minimum Gasteiger partial charge on any atom is -0.296 e. The minimum atomic E-state index is 0.984. The van der Waals surface area contributed by atoms with Gasteiger partial charge in [-0.2, -0.15) is 0 Å². The van der Waals surface area contributed by atoms with Crippen molar-refractivity contribution in [1.82, 2.24) is 14.8 Å². The predicted octanol–water partition coefficient (Wildman–Crippen LogP) is 4.44. The van der Waals surface area contributed by atoms with Crippen molar-refractivity contribution < 1.29 is 0 Å². The molecule has 120 valence electrons. The van der Waals surface area contributed by atoms with E-state index in [4.69, 9.17) is 4.98 Å². The first-order valence-corrected chi connectivity index (χ1v) is 10.2. The Bertz CT molecular complexity index is 757. The topological polar surface area (TPSA) is 19.4 Å². The molecule has 23 heavy (non-hydrogen) atoms. The molecule has 1 aliphatic rings. The van der Waals surface area contributed by atoms with Gasteiger partial charge in [0.15, 0.2) is 0 Å². The Morgan fingerprint density at radius 3 is 2.35 bits per heavy atom. The lowest BCUT2D eigenvalue weighted by Gasteiger charge is -2.33. The summed E-state index contributed by atoms with van der Waals surface area (Å²) in [6.45, 7) is 6.59. The van der Waals surface area contributed by atoms with E-state index >= 15 is 0 Å². The molecule has 3 nitrogen and oxygen atoms in total. The Morgan fingerprint density at radius 1 is 0.913 bits per heavy atom. The SMILES string of the molecule is Brc1ccc(CN2CCN(Cc3nc4ccccc4s3)CC2)s1. The van der Waals surface area contributed by atoms with Crippen molar-refractivity contribution in [2.45, 2.75) is 13.1 Å². The van der Waals surface area contributed by atoms with Crippen LogP contribution < -0.4 is 0 Å². The van der Waals surface area contributed by atoms with Gasteiger partial charge in [0.25, 0.3) is 0 Å². The van der Waals surface area contributed by atoms with Gasteiger partial charge < -0.3 is 0 Å². The van der Waals surface area contributed by atoms with E-state index in [1.54, 1.807) is 0 Å². The van der Waals surface area contributed by atoms with Crippen molar-refractivity contribution in [2.24, 2.45) is 0 Å². The molecule has 1 fully saturated rings. The van der Waals surface area contributed by atoms with Gasteiger partial charge in [-0.25, -0.2) is 4.98 Å². The Hall–Kier alpha value is -0.790. The zero-order chi connectivity index (χ0) is 15.6. The van der Waals surface area contributed by atoms with Crippen molar-refractivity contribution in [1.29, 1.82) is 0 Å². The number of thiophene rings is 1. The molecule has 1 aliphatic heterocycles. The molecule has 0 bridgehead atoms. The number of thiazole rings is 1. The van der Waals surface area contributed by atoms with E-state index in [0.717, 1.165) is 44.8 Å². The standard InChI is InChI=1S/C17H18BrN3S2/c18-16-6-5-13(22-16)11-20-7-9-21(10-8-20)12-17-19-14-3-1-2-4-15(14)23-17/h1-6H,7-12H2. The van der Waals surface area contributed by atoms with Crippen molar-refractivity contribution in [3.8, 4) is 0 Å². The number of halogens is 1. The molecule has 1 saturated heterocycles. The van der Waals surface area contributed by atoms with Crippen LogP contribution in [0.3, 0.4) is 0 Å². The Labute approximate surface area is 152 Å². The molecular formula is C17H18BrN3S2. The quantitative estimate of drug-likeness (QED) is 0.637. The van der Waals surface area contributed by atoms with E-state index in [1.165, 1.54) is 18.4 Å². The van der Waals surface area contributed by atoms with Crippen LogP contribution in [0.5, 0.6) is 0 Å². The first-order chi connectivity index (χ1) is 11.3. The highest BCUT2D eigenvalue weighted by Crippen LogP contribution is 2.25. The highest BCUT2D eigenvalue weighted by Gasteiger charge is 2.18. The summed E-state index contributed by atoms with van der Waals surface area (Å²) < 4.78 is 2.52. The van der Waals surface area contributed by atoms with Gasteiger partial charge >= 0.3 is 0 Å². The first kappa shape index (κ1) is 15.7. The number of para-hydroxylation sites is 1. The lowest BCUT2D eigenvalue weighted by molar-refractivity contribution is 0.123. The Balaban J connectivity index is 1.32. The second-order valence-electron chi connectivity index (χ2n) is 5.83. The Kier molecular flexibility index (Phi) is 4.78. The molecule has 0 spiro atoms. The number of fused-ring (bicyclic) bond motifs is 1. The fraction of sp³-hybridized carbons (Fsp3) is 0.353. The molecule has 3 heterocycles. The number of rotatable bonds is 4. The van der Waals surface area contributed by atoms with Crippen LogP contribution in [-0.2, 0) is 13.1 Å². The first-order valence-electron chi connectivity index (χ1n) is 7.80. The van der Waals surface area contributed by atoms with E-state index in [2.05, 4.69) is 62.1 Å². The Morgan fingerprint density at radius 2 is 1.65 bits per heavy atom. The number of piperazine rings is 1. The van der Waals surface area contributed by atoms with Crippen molar-refractivity contribution in [2.75, 3.05) is 26.2 Å². The molecule has 0 amide bonds. The van der Waals surface area contributed by atoms with Gasteiger partial charge in [-0.1, -0.05) is 12.1 Å². The molecule has 0 saturated carbocycles. The van der Waals surface area contributed by atoms with Gasteiger partial charge in [0.2, 0.25) is 0 Å². The summed E-state index contributed by atoms with van der Waals surface area (Å²) >= 11 is 7.21. The molecule has 2 aromatic heterocycles. The van der Waals surface area contributed by atoms with E-state index in [9.17, 15) is 0 Å². The molecule has 4 rings (SSSR count). The summed E-state index contributed by atoms with van der Waals surface area (Å²) in [6.07, 6.45) is 0. The van der Waals surface area contributed by atoms with Gasteiger partial charge in [0.1, 0.15) is 5.01 Å². The van der Waals surface area contributed by atoms with Crippen molar-refractivity contribution >= 4 is 48.8 Å². The number of nitrogens with zero attached hydrogens (tertiary/aromatic N) is 3. The molecule has 6 heteroatoms. The zero-order valence-electron chi connectivity index (χ0n) is 12.7. The van der Waals surface area contributed by atoms with Crippen LogP contribution in [0.2, 0.25) is 0 Å². The summed E-state index contributed by atoms with van der Waals surface area (Å²) in [7, 11) is 0. The third-order valence-electron chi connectivity index (χ3n) is 4.17. The zero-order valence-corrected chi connectivity index (χ0v) is 16.0. The van der Waals surface area contributed by atoms with Gasteiger partial charge in [-0.3, -0.25) is 9.80 Å². The summed E-state index contributed by atoms with van der Waals surface area (Å²) in [5.41, 5.74) is 1.13. The molecule has 0 aliphatic carbocycles. The van der Waals surface area contributed by atoms with Crippen molar-refractivity contribution in [3.63, 3.8) is 0 Å². The number of aromatic nitrogens is 1. The van der Waals surface area contributed by atoms with E-state index in [1.807, 2.05) is 22.7 Å². The molecule has 3 aromatic rings. The third kappa shape index (κ3) is 3.83. The van der Waals surface area contributed by atoms with Crippen LogP contribution in [0.4, 0.5) is 0 Å². The molecule has 0 radical (unpaired) electrons. The molecular weight excluding hydrogens is 390 g/mol. The highest BCUT2D eigenvalue weighted by atomic mass is 79.9. The van der Waals surface area contributed by atoms with Gasteiger partial charge in [-0.05, 0) is 40.2 Å². The lowest BCUT2D eigenvalue weighted by atomic mass is 10.3. The smallest absolute Gasteiger partial charge is 0.108 e. The average molecular weight is 408 g/mol. The maximum Gasteiger partial charge on any atom is 0.108 e. The fourth-order valence-corrected chi connectivity index (χ4v) is 5.48. The number of hydrogen-bond acceptors (Lipinski definition) is 5. The van der Waals surface area contributed by atoms with Gasteiger partial charge in [0, 0.05) is 37.6 Å². The lowest BCUT2D eigenvalue weighted by Crippen LogP contribution is -2.45. The minimum absolute atomic E-state index is 0.984. The van der Waals surface area contributed by atoms with Crippen molar-refractivity contribution in [3.05, 3.63) is 50.1 Å². The maximum absolute atomic E-state index is 4.76. The van der Waals surface area contributed by atoms with E-state index < -0.39 is 0 Å². The maximum atomic E-state index is 4.76. The van der Waals surface area contributed by atoms with E-state index in [0.29, 0.717) is 0 Å². The van der Waals surface area contributed by atoms with Gasteiger partial charge in [0.05, 0.1) is 20.5 Å². The van der Waals surface area contributed by atoms with Crippen LogP contribution in [0.15, 0.2) is 40.2 Å². The average Bonchev–Trinajstić information content (AvgIpc) is 3.14. The largest absolute Gasteiger partial charge is 0.296 e. The monoisotopic (exact) mass is 407 g/mol. The molecule has 0 atom stereocenters. The molecule has 0 unspecified atom stereocenters. The highest BCUT2D eigenvalue weighted by molar-refractivity contribution is 9.11. The number of hydrogen-bond donors (Lipinski definition) is 0. The second kappa shape index (κ2) is 6.99. The summed E-state index contributed by atoms with van der Waals surface area (Å²) in [6, 6.07) is 12.8. The van der Waals surface area contributed by atoms with Crippen LogP contribution in [0.25, 0.3) is 10.2 Å². The van der Waals surface area contributed by atoms with Crippen LogP contribution in [-0.4, -0.2) is 41.0 Å². The molecule has 0 N–H and O–H groups in total. The summed E-state index contributed by atoms with van der Waals surface area (Å²) in [5.74, 6) is 0. The summed E-state index contributed by atoms with van der Waals surface area (Å²) in [4.78, 5) is 11.3. The normalized spacial score (nSPS) is 17.1.